The van der Waals surface area contributed by atoms with Crippen LogP contribution >= 0.6 is 11.6 Å². The van der Waals surface area contributed by atoms with Crippen LogP contribution in [0.4, 0.5) is 21.7 Å². The van der Waals surface area contributed by atoms with Crippen LogP contribution in [0.2, 0.25) is 5.02 Å². The van der Waals surface area contributed by atoms with Crippen molar-refractivity contribution in [2.45, 2.75) is 20.3 Å². The van der Waals surface area contributed by atoms with Gasteiger partial charge < -0.3 is 10.7 Å². The molecule has 0 aliphatic rings. The van der Waals surface area contributed by atoms with Crippen molar-refractivity contribution in [3.63, 3.8) is 0 Å². The summed E-state index contributed by atoms with van der Waals surface area (Å²) < 4.78 is 13.8. The average molecular weight is 296 g/mol. The monoisotopic (exact) mass is 295 g/mol. The number of para-hydroxylation sites is 1. The van der Waals surface area contributed by atoms with E-state index in [1.165, 1.54) is 6.07 Å². The summed E-state index contributed by atoms with van der Waals surface area (Å²) in [5, 5.41) is 3.19. The summed E-state index contributed by atoms with van der Waals surface area (Å²) >= 11 is 5.99. The summed E-state index contributed by atoms with van der Waals surface area (Å²) in [6.45, 7) is 3.70. The van der Waals surface area contributed by atoms with Crippen molar-refractivity contribution < 1.29 is 4.39 Å². The standard InChI is InChI=1S/C13H15ClFN5/c1-3-10-17-12(7(2)13(18-10)20-16)19-11-8(14)5-4-6-9(11)15/h4-6H,3,16H2,1-2H3,(H2,17,18,19,20). The normalized spacial score (nSPS) is 10.4. The first-order valence-corrected chi connectivity index (χ1v) is 6.49. The van der Waals surface area contributed by atoms with Gasteiger partial charge in [-0.3, -0.25) is 0 Å². The fraction of sp³-hybridized carbons (Fsp3) is 0.231. The van der Waals surface area contributed by atoms with Gasteiger partial charge in [-0.05, 0) is 19.1 Å². The molecule has 20 heavy (non-hydrogen) atoms. The van der Waals surface area contributed by atoms with Crippen molar-refractivity contribution in [1.29, 1.82) is 0 Å². The Labute approximate surface area is 121 Å². The fourth-order valence-corrected chi connectivity index (χ4v) is 1.93. The van der Waals surface area contributed by atoms with Crippen LogP contribution in [0.3, 0.4) is 0 Å². The summed E-state index contributed by atoms with van der Waals surface area (Å²) in [7, 11) is 0. The Morgan fingerprint density at radius 3 is 2.60 bits per heavy atom. The minimum absolute atomic E-state index is 0.181. The highest BCUT2D eigenvalue weighted by molar-refractivity contribution is 6.33. The van der Waals surface area contributed by atoms with Gasteiger partial charge in [0.15, 0.2) is 0 Å². The summed E-state index contributed by atoms with van der Waals surface area (Å²) in [5.74, 6) is 6.54. The van der Waals surface area contributed by atoms with Gasteiger partial charge in [-0.1, -0.05) is 24.6 Å². The minimum atomic E-state index is -0.448. The number of rotatable bonds is 4. The number of nitrogen functional groups attached to an aromatic ring is 1. The van der Waals surface area contributed by atoms with Gasteiger partial charge in [0, 0.05) is 12.0 Å². The number of anilines is 3. The molecule has 0 aliphatic carbocycles. The van der Waals surface area contributed by atoms with E-state index in [1.807, 2.05) is 6.92 Å². The molecule has 7 heteroatoms. The Balaban J connectivity index is 2.48. The van der Waals surface area contributed by atoms with Crippen molar-refractivity contribution in [3.8, 4) is 0 Å². The first-order valence-electron chi connectivity index (χ1n) is 6.12. The quantitative estimate of drug-likeness (QED) is 0.596. The molecule has 0 spiro atoms. The maximum absolute atomic E-state index is 13.8. The van der Waals surface area contributed by atoms with Crippen LogP contribution < -0.4 is 16.6 Å². The lowest BCUT2D eigenvalue weighted by Gasteiger charge is -2.14. The summed E-state index contributed by atoms with van der Waals surface area (Å²) in [4.78, 5) is 8.58. The largest absolute Gasteiger partial charge is 0.336 e. The fourth-order valence-electron chi connectivity index (χ4n) is 1.72. The van der Waals surface area contributed by atoms with E-state index in [1.54, 1.807) is 19.1 Å². The van der Waals surface area contributed by atoms with Crippen molar-refractivity contribution >= 4 is 28.9 Å². The molecule has 0 unspecified atom stereocenters. The highest BCUT2D eigenvalue weighted by Crippen LogP contribution is 2.30. The predicted octanol–water partition coefficient (Wildman–Crippen LogP) is 3.17. The van der Waals surface area contributed by atoms with Crippen molar-refractivity contribution in [3.05, 3.63) is 40.4 Å². The van der Waals surface area contributed by atoms with Crippen LogP contribution in [0, 0.1) is 12.7 Å². The van der Waals surface area contributed by atoms with E-state index in [4.69, 9.17) is 17.4 Å². The third kappa shape index (κ3) is 2.81. The maximum atomic E-state index is 13.8. The number of nitrogens with two attached hydrogens (primary N) is 1. The van der Waals surface area contributed by atoms with Crippen molar-refractivity contribution in [2.75, 3.05) is 10.7 Å². The predicted molar refractivity (Wildman–Crippen MR) is 78.6 cm³/mol. The number of aromatic nitrogens is 2. The van der Waals surface area contributed by atoms with E-state index in [2.05, 4.69) is 20.7 Å². The minimum Gasteiger partial charge on any atom is -0.336 e. The van der Waals surface area contributed by atoms with Gasteiger partial charge in [0.05, 0.1) is 10.7 Å². The molecule has 0 atom stereocenters. The van der Waals surface area contributed by atoms with Crippen LogP contribution in [0.15, 0.2) is 18.2 Å². The molecule has 0 saturated carbocycles. The molecule has 0 amide bonds. The third-order valence-electron chi connectivity index (χ3n) is 2.85. The number of halogens is 2. The zero-order valence-electron chi connectivity index (χ0n) is 11.2. The van der Waals surface area contributed by atoms with E-state index >= 15 is 0 Å². The Kier molecular flexibility index (Phi) is 4.36. The molecule has 0 saturated heterocycles. The molecule has 2 aromatic rings. The van der Waals surface area contributed by atoms with E-state index < -0.39 is 5.82 Å². The Hall–Kier alpha value is -1.92. The van der Waals surface area contributed by atoms with Gasteiger partial charge in [-0.25, -0.2) is 20.2 Å². The SMILES string of the molecule is CCc1nc(NN)c(C)c(Nc2c(F)cccc2Cl)n1. The van der Waals surface area contributed by atoms with Gasteiger partial charge >= 0.3 is 0 Å². The van der Waals surface area contributed by atoms with Gasteiger partial charge in [-0.15, -0.1) is 0 Å². The van der Waals surface area contributed by atoms with Gasteiger partial charge in [-0.2, -0.15) is 0 Å². The highest BCUT2D eigenvalue weighted by atomic mass is 35.5. The first-order chi connectivity index (χ1) is 9.56. The lowest BCUT2D eigenvalue weighted by atomic mass is 10.2. The molecule has 0 aliphatic heterocycles. The molecule has 0 fully saturated rings. The van der Waals surface area contributed by atoms with Crippen LogP contribution in [0.25, 0.3) is 0 Å². The first kappa shape index (κ1) is 14.5. The van der Waals surface area contributed by atoms with E-state index in [-0.39, 0.29) is 10.7 Å². The molecular formula is C13H15ClFN5. The molecule has 1 heterocycles. The summed E-state index contributed by atoms with van der Waals surface area (Å²) in [5.41, 5.74) is 3.37. The van der Waals surface area contributed by atoms with Gasteiger partial charge in [0.2, 0.25) is 0 Å². The Morgan fingerprint density at radius 2 is 2.00 bits per heavy atom. The second kappa shape index (κ2) is 6.02. The molecule has 0 radical (unpaired) electrons. The molecular weight excluding hydrogens is 281 g/mol. The molecule has 0 bridgehead atoms. The van der Waals surface area contributed by atoms with Gasteiger partial charge in [0.1, 0.15) is 23.3 Å². The zero-order chi connectivity index (χ0) is 14.7. The second-order valence-corrected chi connectivity index (χ2v) is 4.59. The van der Waals surface area contributed by atoms with E-state index in [0.717, 1.165) is 0 Å². The number of hydrogen-bond acceptors (Lipinski definition) is 5. The number of nitrogens with one attached hydrogen (secondary N) is 2. The Morgan fingerprint density at radius 1 is 1.30 bits per heavy atom. The molecule has 4 N–H and O–H groups in total. The summed E-state index contributed by atoms with van der Waals surface area (Å²) in [6, 6.07) is 4.47. The van der Waals surface area contributed by atoms with Gasteiger partial charge in [0.25, 0.3) is 0 Å². The van der Waals surface area contributed by atoms with E-state index in [9.17, 15) is 4.39 Å². The third-order valence-corrected chi connectivity index (χ3v) is 3.17. The smallest absolute Gasteiger partial charge is 0.148 e. The van der Waals surface area contributed by atoms with Crippen LogP contribution in [0.5, 0.6) is 0 Å². The van der Waals surface area contributed by atoms with Crippen molar-refractivity contribution in [1.82, 2.24) is 9.97 Å². The summed E-state index contributed by atoms with van der Waals surface area (Å²) in [6.07, 6.45) is 0.634. The zero-order valence-corrected chi connectivity index (χ0v) is 11.9. The molecule has 1 aromatic carbocycles. The van der Waals surface area contributed by atoms with Crippen molar-refractivity contribution in [2.24, 2.45) is 5.84 Å². The second-order valence-electron chi connectivity index (χ2n) is 4.18. The highest BCUT2D eigenvalue weighted by Gasteiger charge is 2.13. The number of benzene rings is 1. The van der Waals surface area contributed by atoms with E-state index in [0.29, 0.717) is 29.4 Å². The number of hydrazine groups is 1. The lowest BCUT2D eigenvalue weighted by Crippen LogP contribution is -2.14. The number of nitrogens with zero attached hydrogens (tertiary/aromatic N) is 2. The van der Waals surface area contributed by atoms with Crippen LogP contribution in [-0.2, 0) is 6.42 Å². The van der Waals surface area contributed by atoms with Crippen LogP contribution in [0.1, 0.15) is 18.3 Å². The lowest BCUT2D eigenvalue weighted by molar-refractivity contribution is 0.632. The molecule has 106 valence electrons. The van der Waals surface area contributed by atoms with Crippen LogP contribution in [-0.4, -0.2) is 9.97 Å². The molecule has 5 nitrogen and oxygen atoms in total. The Bertz CT molecular complexity index is 612. The number of hydrogen-bond donors (Lipinski definition) is 3. The topological polar surface area (TPSA) is 75.9 Å². The number of aryl methyl sites for hydroxylation is 1. The molecule has 1 aromatic heterocycles. The maximum Gasteiger partial charge on any atom is 0.148 e. The molecule has 2 rings (SSSR count). The average Bonchev–Trinajstić information content (AvgIpc) is 2.44.